The van der Waals surface area contributed by atoms with Crippen molar-refractivity contribution in [2.24, 2.45) is 0 Å². The van der Waals surface area contributed by atoms with Crippen molar-refractivity contribution in [3.05, 3.63) is 52.3 Å². The molecule has 1 heterocycles. The van der Waals surface area contributed by atoms with E-state index in [4.69, 9.17) is 0 Å². The van der Waals surface area contributed by atoms with Crippen molar-refractivity contribution in [3.63, 3.8) is 0 Å². The Balaban J connectivity index is 0.000000283. The fraction of sp³-hybridized carbons (Fsp3) is 0.357. The van der Waals surface area contributed by atoms with Crippen LogP contribution in [0.3, 0.4) is 0 Å². The van der Waals surface area contributed by atoms with Gasteiger partial charge in [0.05, 0.1) is 0 Å². The van der Waals surface area contributed by atoms with Gasteiger partial charge in [-0.25, -0.2) is 12.1 Å². The Kier molecular flexibility index (Phi) is 6.32. The van der Waals surface area contributed by atoms with E-state index in [-0.39, 0.29) is 17.1 Å². The number of nitrogens with zero attached hydrogens (tertiary/aromatic N) is 1. The zero-order chi connectivity index (χ0) is 11.4. The first-order chi connectivity index (χ1) is 7.02. The molecule has 0 saturated heterocycles. The van der Waals surface area contributed by atoms with E-state index in [9.17, 15) is 0 Å². The van der Waals surface area contributed by atoms with Crippen molar-refractivity contribution in [3.8, 4) is 0 Å². The summed E-state index contributed by atoms with van der Waals surface area (Å²) >= 11 is 0. The summed E-state index contributed by atoms with van der Waals surface area (Å²) in [5.41, 5.74) is 6.37. The van der Waals surface area contributed by atoms with Crippen molar-refractivity contribution >= 4 is 0 Å². The average molecular weight is 257 g/mol. The van der Waals surface area contributed by atoms with E-state index in [1.807, 2.05) is 12.1 Å². The van der Waals surface area contributed by atoms with E-state index in [1.165, 1.54) is 28.1 Å². The van der Waals surface area contributed by atoms with Crippen LogP contribution in [0.5, 0.6) is 0 Å². The topological polar surface area (TPSA) is 14.1 Å². The molecular formula is C14H19FeN. The molecule has 16 heavy (non-hydrogen) atoms. The second-order valence-corrected chi connectivity index (χ2v) is 3.99. The quantitative estimate of drug-likeness (QED) is 0.519. The molecule has 0 radical (unpaired) electrons. The van der Waals surface area contributed by atoms with Crippen LogP contribution in [0.1, 0.15) is 28.1 Å². The number of hydrogen-bond donors (Lipinski definition) is 0. The van der Waals surface area contributed by atoms with Gasteiger partial charge in [0.1, 0.15) is 0 Å². The third kappa shape index (κ3) is 3.96. The van der Waals surface area contributed by atoms with Gasteiger partial charge in [-0.15, -0.1) is 0 Å². The zero-order valence-corrected chi connectivity index (χ0v) is 11.7. The van der Waals surface area contributed by atoms with E-state index in [0.717, 1.165) is 0 Å². The predicted octanol–water partition coefficient (Wildman–Crippen LogP) is 3.59. The van der Waals surface area contributed by atoms with Gasteiger partial charge < -0.3 is 4.98 Å². The van der Waals surface area contributed by atoms with Crippen molar-refractivity contribution in [1.29, 1.82) is 0 Å². The van der Waals surface area contributed by atoms with E-state index in [0.29, 0.717) is 0 Å². The maximum absolute atomic E-state index is 4.31. The van der Waals surface area contributed by atoms with E-state index in [2.05, 4.69) is 51.7 Å². The minimum absolute atomic E-state index is 0. The smallest absolute Gasteiger partial charge is 0.665 e. The van der Waals surface area contributed by atoms with Gasteiger partial charge >= 0.3 is 17.1 Å². The van der Waals surface area contributed by atoms with Gasteiger partial charge in [-0.3, -0.25) is 0 Å². The largest absolute Gasteiger partial charge is 2.00 e. The number of aryl methyl sites for hydroxylation is 3. The summed E-state index contributed by atoms with van der Waals surface area (Å²) in [5, 5.41) is 0. The van der Waals surface area contributed by atoms with E-state index in [1.54, 1.807) is 0 Å². The van der Waals surface area contributed by atoms with Crippen molar-refractivity contribution in [2.75, 3.05) is 0 Å². The van der Waals surface area contributed by atoms with Crippen LogP contribution in [0.4, 0.5) is 0 Å². The SMILES string of the molecule is C[c-]1cccc1.Cc1[n-]c(C)c(C)c1C.[Fe+2]. The fourth-order valence-corrected chi connectivity index (χ4v) is 1.43. The maximum Gasteiger partial charge on any atom is 2.00 e. The fourth-order valence-electron chi connectivity index (χ4n) is 1.43. The summed E-state index contributed by atoms with van der Waals surface area (Å²) in [6.45, 7) is 10.4. The normalized spacial score (nSPS) is 9.06. The van der Waals surface area contributed by atoms with Crippen molar-refractivity contribution in [1.82, 2.24) is 4.98 Å². The Labute approximate surface area is 109 Å². The second-order valence-electron chi connectivity index (χ2n) is 3.99. The number of hydrogen-bond acceptors (Lipinski definition) is 0. The molecule has 0 aliphatic rings. The molecule has 0 unspecified atom stereocenters. The van der Waals surface area contributed by atoms with Crippen molar-refractivity contribution < 1.29 is 17.1 Å². The van der Waals surface area contributed by atoms with Gasteiger partial charge in [0.2, 0.25) is 0 Å². The molecule has 1 nitrogen and oxygen atoms in total. The molecule has 2 rings (SSSR count). The average Bonchev–Trinajstić information content (AvgIpc) is 2.73. The number of aromatic nitrogens is 1. The molecule has 0 amide bonds. The molecule has 0 bridgehead atoms. The maximum atomic E-state index is 4.31. The zero-order valence-electron chi connectivity index (χ0n) is 10.6. The van der Waals surface area contributed by atoms with Crippen molar-refractivity contribution in [2.45, 2.75) is 34.6 Å². The predicted molar refractivity (Wildman–Crippen MR) is 65.5 cm³/mol. The summed E-state index contributed by atoms with van der Waals surface area (Å²) in [7, 11) is 0. The van der Waals surface area contributed by atoms with Crippen LogP contribution in [0, 0.1) is 34.6 Å². The van der Waals surface area contributed by atoms with E-state index >= 15 is 0 Å². The third-order valence-corrected chi connectivity index (χ3v) is 2.81. The summed E-state index contributed by atoms with van der Waals surface area (Å²) < 4.78 is 0. The first kappa shape index (κ1) is 15.1. The first-order valence-corrected chi connectivity index (χ1v) is 5.27. The summed E-state index contributed by atoms with van der Waals surface area (Å²) in [4.78, 5) is 4.31. The van der Waals surface area contributed by atoms with Gasteiger partial charge in [0.25, 0.3) is 0 Å². The van der Waals surface area contributed by atoms with Crippen LogP contribution in [0.25, 0.3) is 0 Å². The van der Waals surface area contributed by atoms with Gasteiger partial charge in [-0.05, 0) is 13.8 Å². The third-order valence-electron chi connectivity index (χ3n) is 2.81. The van der Waals surface area contributed by atoms with Gasteiger partial charge in [-0.1, -0.05) is 31.9 Å². The molecule has 0 atom stereocenters. The van der Waals surface area contributed by atoms with Gasteiger partial charge in [0, 0.05) is 0 Å². The molecule has 0 spiro atoms. The Bertz CT molecular complexity index is 388. The molecule has 0 N–H and O–H groups in total. The molecular weight excluding hydrogens is 238 g/mol. The molecule has 2 heteroatoms. The summed E-state index contributed by atoms with van der Waals surface area (Å²) in [6.07, 6.45) is 0. The molecule has 0 fully saturated rings. The molecule has 88 valence electrons. The number of rotatable bonds is 0. The van der Waals surface area contributed by atoms with Crippen LogP contribution >= 0.6 is 0 Å². The minimum atomic E-state index is 0. The van der Waals surface area contributed by atoms with Crippen LogP contribution in [0.2, 0.25) is 0 Å². The second kappa shape index (κ2) is 6.67. The Morgan fingerprint density at radius 1 is 0.875 bits per heavy atom. The standard InChI is InChI=1S/C8H12N.C6H7.Fe/c1-5-6(2)8(4)9-7(5)3;1-6-4-2-3-5-6;/h1-4H3;2-5H,1H3;/q2*-1;+2. The Hall–Kier alpha value is -0.851. The molecule has 0 aliphatic carbocycles. The van der Waals surface area contributed by atoms with Gasteiger partial charge in [-0.2, -0.15) is 29.1 Å². The van der Waals surface area contributed by atoms with E-state index < -0.39 is 0 Å². The van der Waals surface area contributed by atoms with Gasteiger partial charge in [0.15, 0.2) is 0 Å². The van der Waals surface area contributed by atoms with Crippen LogP contribution in [-0.2, 0) is 17.1 Å². The van der Waals surface area contributed by atoms with Crippen LogP contribution < -0.4 is 4.98 Å². The molecule has 1 aromatic carbocycles. The first-order valence-electron chi connectivity index (χ1n) is 5.27. The minimum Gasteiger partial charge on any atom is -0.665 e. The summed E-state index contributed by atoms with van der Waals surface area (Å²) in [6, 6.07) is 8.24. The molecule has 2 aromatic rings. The van der Waals surface area contributed by atoms with Crippen LogP contribution in [-0.4, -0.2) is 0 Å². The molecule has 0 saturated carbocycles. The van der Waals surface area contributed by atoms with Crippen LogP contribution in [0.15, 0.2) is 24.3 Å². The summed E-state index contributed by atoms with van der Waals surface area (Å²) in [5.74, 6) is 0. The monoisotopic (exact) mass is 257 g/mol. The molecule has 0 aliphatic heterocycles. The molecule has 1 aromatic heterocycles. The Morgan fingerprint density at radius 3 is 1.38 bits per heavy atom. The Morgan fingerprint density at radius 2 is 1.25 bits per heavy atom.